The van der Waals surface area contributed by atoms with Gasteiger partial charge in [-0.05, 0) is 43.7 Å². The molecule has 3 rings (SSSR count). The van der Waals surface area contributed by atoms with Crippen LogP contribution in [0.3, 0.4) is 0 Å². The van der Waals surface area contributed by atoms with Gasteiger partial charge in [-0.1, -0.05) is 17.7 Å². The molecule has 0 radical (unpaired) electrons. The first-order valence-electron chi connectivity index (χ1n) is 8.88. The van der Waals surface area contributed by atoms with Crippen LogP contribution in [-0.4, -0.2) is 26.6 Å². The lowest BCUT2D eigenvalue weighted by molar-refractivity contribution is -0.136. The SMILES string of the molecule is COC(=O)C1=C(O)CCC(c2cc(F)ccc2F)(S(=O)(=O)c2ccc(C)cc2)C1. The fourth-order valence-electron chi connectivity index (χ4n) is 3.65. The predicted octanol–water partition coefficient (Wildman–Crippen LogP) is 4.11. The Bertz CT molecular complexity index is 1090. The first-order chi connectivity index (χ1) is 13.6. The highest BCUT2D eigenvalue weighted by atomic mass is 32.2. The molecular weight excluding hydrogens is 402 g/mol. The van der Waals surface area contributed by atoms with Gasteiger partial charge in [-0.3, -0.25) is 0 Å². The first kappa shape index (κ1) is 21.0. The van der Waals surface area contributed by atoms with Crippen molar-refractivity contribution in [2.75, 3.05) is 7.11 Å². The van der Waals surface area contributed by atoms with Gasteiger partial charge in [0.2, 0.25) is 0 Å². The largest absolute Gasteiger partial charge is 0.512 e. The van der Waals surface area contributed by atoms with Crippen LogP contribution in [0.2, 0.25) is 0 Å². The molecule has 0 aromatic heterocycles. The summed E-state index contributed by atoms with van der Waals surface area (Å²) in [7, 11) is -3.20. The summed E-state index contributed by atoms with van der Waals surface area (Å²) in [4.78, 5) is 12.1. The second kappa shape index (κ2) is 7.59. The lowest BCUT2D eigenvalue weighted by Gasteiger charge is -2.37. The standard InChI is InChI=1S/C21H20F2O5S/c1-13-3-6-15(7-4-13)29(26,27)21(17-11-14(22)5-8-18(17)23)10-9-19(24)16(12-21)20(25)28-2/h3-8,11,24H,9-10,12H2,1-2H3. The Labute approximate surface area is 167 Å². The van der Waals surface area contributed by atoms with E-state index in [0.717, 1.165) is 30.9 Å². The number of carbonyl (C=O) groups excluding carboxylic acids is 1. The number of methoxy groups -OCH3 is 1. The van der Waals surface area contributed by atoms with Crippen molar-refractivity contribution in [3.05, 3.63) is 76.6 Å². The van der Waals surface area contributed by atoms with E-state index < -0.39 is 38.6 Å². The number of aliphatic hydroxyl groups is 1. The van der Waals surface area contributed by atoms with Gasteiger partial charge in [-0.15, -0.1) is 0 Å². The van der Waals surface area contributed by atoms with Crippen molar-refractivity contribution in [1.29, 1.82) is 0 Å². The van der Waals surface area contributed by atoms with Gasteiger partial charge in [0.1, 0.15) is 22.1 Å². The van der Waals surface area contributed by atoms with Crippen molar-refractivity contribution >= 4 is 15.8 Å². The fraction of sp³-hybridized carbons (Fsp3) is 0.286. The number of sulfone groups is 1. The molecule has 0 amide bonds. The van der Waals surface area contributed by atoms with Crippen molar-refractivity contribution < 1.29 is 31.8 Å². The molecule has 0 saturated carbocycles. The second-order valence-corrected chi connectivity index (χ2v) is 9.29. The van der Waals surface area contributed by atoms with Crippen LogP contribution in [0, 0.1) is 18.6 Å². The minimum atomic E-state index is -4.29. The van der Waals surface area contributed by atoms with E-state index in [4.69, 9.17) is 0 Å². The van der Waals surface area contributed by atoms with Crippen molar-refractivity contribution in [3.63, 3.8) is 0 Å². The lowest BCUT2D eigenvalue weighted by atomic mass is 9.81. The third-order valence-corrected chi connectivity index (χ3v) is 7.76. The van der Waals surface area contributed by atoms with E-state index in [2.05, 4.69) is 4.74 Å². The molecule has 0 heterocycles. The van der Waals surface area contributed by atoms with E-state index in [1.54, 1.807) is 19.1 Å². The van der Waals surface area contributed by atoms with Gasteiger partial charge in [0.05, 0.1) is 17.6 Å². The Morgan fingerprint density at radius 3 is 2.41 bits per heavy atom. The highest BCUT2D eigenvalue weighted by Gasteiger charge is 2.51. The predicted molar refractivity (Wildman–Crippen MR) is 102 cm³/mol. The summed E-state index contributed by atoms with van der Waals surface area (Å²) >= 11 is 0. The number of aliphatic hydroxyl groups excluding tert-OH is 1. The number of aryl methyl sites for hydroxylation is 1. The zero-order valence-electron chi connectivity index (χ0n) is 15.9. The normalized spacial score (nSPS) is 19.9. The zero-order chi connectivity index (χ0) is 21.4. The molecule has 1 aliphatic rings. The monoisotopic (exact) mass is 422 g/mol. The van der Waals surface area contributed by atoms with Gasteiger partial charge in [0, 0.05) is 18.4 Å². The van der Waals surface area contributed by atoms with Crippen molar-refractivity contribution in [3.8, 4) is 0 Å². The number of allylic oxidation sites excluding steroid dienone is 1. The molecule has 1 atom stereocenters. The van der Waals surface area contributed by atoms with Crippen LogP contribution in [0.4, 0.5) is 8.78 Å². The van der Waals surface area contributed by atoms with E-state index in [-0.39, 0.29) is 34.6 Å². The van der Waals surface area contributed by atoms with Crippen molar-refractivity contribution in [2.45, 2.75) is 35.8 Å². The molecule has 0 fully saturated rings. The highest BCUT2D eigenvalue weighted by molar-refractivity contribution is 7.92. The molecule has 1 N–H and O–H groups in total. The summed E-state index contributed by atoms with van der Waals surface area (Å²) in [5, 5.41) is 10.2. The van der Waals surface area contributed by atoms with Crippen LogP contribution in [0.25, 0.3) is 0 Å². The van der Waals surface area contributed by atoms with Crippen molar-refractivity contribution in [1.82, 2.24) is 0 Å². The summed E-state index contributed by atoms with van der Waals surface area (Å²) in [6, 6.07) is 8.55. The summed E-state index contributed by atoms with van der Waals surface area (Å²) in [6.45, 7) is 1.79. The number of hydrogen-bond donors (Lipinski definition) is 1. The topological polar surface area (TPSA) is 80.7 Å². The average Bonchev–Trinajstić information content (AvgIpc) is 2.70. The number of rotatable bonds is 4. The fourth-order valence-corrected chi connectivity index (χ4v) is 5.75. The molecule has 8 heteroatoms. The van der Waals surface area contributed by atoms with Crippen LogP contribution in [0.15, 0.2) is 58.7 Å². The zero-order valence-corrected chi connectivity index (χ0v) is 16.7. The molecule has 154 valence electrons. The van der Waals surface area contributed by atoms with E-state index in [0.29, 0.717) is 0 Å². The highest BCUT2D eigenvalue weighted by Crippen LogP contribution is 2.49. The molecule has 0 saturated heterocycles. The maximum absolute atomic E-state index is 14.8. The average molecular weight is 422 g/mol. The molecule has 0 aliphatic heterocycles. The molecule has 29 heavy (non-hydrogen) atoms. The van der Waals surface area contributed by atoms with E-state index in [1.165, 1.54) is 12.1 Å². The molecule has 2 aromatic rings. The molecular formula is C21H20F2O5S. The molecule has 2 aromatic carbocycles. The van der Waals surface area contributed by atoms with Crippen molar-refractivity contribution in [2.24, 2.45) is 0 Å². The van der Waals surface area contributed by atoms with Crippen LogP contribution >= 0.6 is 0 Å². The summed E-state index contributed by atoms with van der Waals surface area (Å²) < 4.78 is 58.9. The summed E-state index contributed by atoms with van der Waals surface area (Å²) in [6.07, 6.45) is -0.969. The number of hydrogen-bond acceptors (Lipinski definition) is 5. The Morgan fingerprint density at radius 2 is 1.79 bits per heavy atom. The molecule has 0 spiro atoms. The van der Waals surface area contributed by atoms with Gasteiger partial charge in [-0.25, -0.2) is 22.0 Å². The molecule has 5 nitrogen and oxygen atoms in total. The number of carbonyl (C=O) groups is 1. The Kier molecular flexibility index (Phi) is 5.49. The second-order valence-electron chi connectivity index (χ2n) is 7.03. The van der Waals surface area contributed by atoms with E-state index in [9.17, 15) is 27.1 Å². The summed E-state index contributed by atoms with van der Waals surface area (Å²) in [5.41, 5.74) is 0.177. The van der Waals surface area contributed by atoms with Crippen LogP contribution in [0.5, 0.6) is 0 Å². The third-order valence-electron chi connectivity index (χ3n) is 5.27. The number of ether oxygens (including phenoxy) is 1. The minimum Gasteiger partial charge on any atom is -0.512 e. The third kappa shape index (κ3) is 3.53. The quantitative estimate of drug-likeness (QED) is 0.750. The Hall–Kier alpha value is -2.74. The van der Waals surface area contributed by atoms with Crippen LogP contribution in [0.1, 0.15) is 30.4 Å². The Morgan fingerprint density at radius 1 is 1.14 bits per heavy atom. The Balaban J connectivity index is 2.30. The van der Waals surface area contributed by atoms with Crippen LogP contribution < -0.4 is 0 Å². The van der Waals surface area contributed by atoms with E-state index >= 15 is 0 Å². The number of halogens is 2. The number of esters is 1. The van der Waals surface area contributed by atoms with Gasteiger partial charge in [0.25, 0.3) is 0 Å². The van der Waals surface area contributed by atoms with Gasteiger partial charge >= 0.3 is 5.97 Å². The smallest absolute Gasteiger partial charge is 0.337 e. The summed E-state index contributed by atoms with van der Waals surface area (Å²) in [5.74, 6) is -2.95. The lowest BCUT2D eigenvalue weighted by Crippen LogP contribution is -2.41. The van der Waals surface area contributed by atoms with E-state index in [1.807, 2.05) is 0 Å². The molecule has 1 unspecified atom stereocenters. The van der Waals surface area contributed by atoms with Crippen LogP contribution in [-0.2, 0) is 24.1 Å². The maximum atomic E-state index is 14.8. The minimum absolute atomic E-state index is 0.0858. The maximum Gasteiger partial charge on any atom is 0.337 e. The van der Waals surface area contributed by atoms with Gasteiger partial charge in [-0.2, -0.15) is 0 Å². The first-order valence-corrected chi connectivity index (χ1v) is 10.4. The van der Waals surface area contributed by atoms with Gasteiger partial charge in [0.15, 0.2) is 9.84 Å². The molecule has 1 aliphatic carbocycles. The molecule has 0 bridgehead atoms. The van der Waals surface area contributed by atoms with Gasteiger partial charge < -0.3 is 9.84 Å². The number of benzene rings is 2.